The maximum Gasteiger partial charge on any atom is 0.257 e. The predicted molar refractivity (Wildman–Crippen MR) is 122 cm³/mol. The standard InChI is InChI=1S/C23H23N3O4S/c1-29-18-6-8-19(9-7-18)31-13-11-22(27)25-17-5-10-20(21(14-17)30-2)26-23(28)16-4-3-12-24-15-16/h3-10,12,14-15H,11,13H2,1-2H3,(H,25,27)(H,26,28). The Labute approximate surface area is 185 Å². The highest BCUT2D eigenvalue weighted by Crippen LogP contribution is 2.29. The quantitative estimate of drug-likeness (QED) is 0.480. The highest BCUT2D eigenvalue weighted by molar-refractivity contribution is 7.99. The molecule has 0 fully saturated rings. The van der Waals surface area contributed by atoms with E-state index >= 15 is 0 Å². The van der Waals surface area contributed by atoms with Crippen LogP contribution in [0.1, 0.15) is 16.8 Å². The lowest BCUT2D eigenvalue weighted by Gasteiger charge is -2.13. The third kappa shape index (κ3) is 6.48. The maximum absolute atomic E-state index is 12.3. The van der Waals surface area contributed by atoms with Crippen LogP contribution in [-0.2, 0) is 4.79 Å². The van der Waals surface area contributed by atoms with E-state index in [1.54, 1.807) is 55.4 Å². The van der Waals surface area contributed by atoms with Gasteiger partial charge in [-0.05, 0) is 48.5 Å². The summed E-state index contributed by atoms with van der Waals surface area (Å²) in [6.45, 7) is 0. The summed E-state index contributed by atoms with van der Waals surface area (Å²) in [5, 5.41) is 5.65. The number of hydrogen-bond donors (Lipinski definition) is 2. The number of carbonyl (C=O) groups is 2. The van der Waals surface area contributed by atoms with Gasteiger partial charge in [0.15, 0.2) is 0 Å². The number of benzene rings is 2. The number of hydrogen-bond acceptors (Lipinski definition) is 6. The highest BCUT2D eigenvalue weighted by atomic mass is 32.2. The van der Waals surface area contributed by atoms with Crippen LogP contribution in [0.5, 0.6) is 11.5 Å². The first-order chi connectivity index (χ1) is 15.1. The first kappa shape index (κ1) is 22.2. The van der Waals surface area contributed by atoms with E-state index in [9.17, 15) is 9.59 Å². The molecule has 160 valence electrons. The minimum atomic E-state index is -0.293. The first-order valence-corrected chi connectivity index (χ1v) is 10.5. The molecular weight excluding hydrogens is 414 g/mol. The lowest BCUT2D eigenvalue weighted by atomic mass is 10.2. The van der Waals surface area contributed by atoms with Crippen molar-refractivity contribution >= 4 is 35.0 Å². The lowest BCUT2D eigenvalue weighted by molar-refractivity contribution is -0.115. The Morgan fingerprint density at radius 1 is 1.00 bits per heavy atom. The Kier molecular flexibility index (Phi) is 7.89. The van der Waals surface area contributed by atoms with Crippen LogP contribution < -0.4 is 20.1 Å². The molecule has 1 aromatic heterocycles. The average Bonchev–Trinajstić information content (AvgIpc) is 2.81. The van der Waals surface area contributed by atoms with E-state index in [2.05, 4.69) is 15.6 Å². The number of carbonyl (C=O) groups excluding carboxylic acids is 2. The molecule has 0 aliphatic heterocycles. The molecule has 3 aromatic rings. The van der Waals surface area contributed by atoms with Gasteiger partial charge in [0.05, 0.1) is 25.5 Å². The number of ether oxygens (including phenoxy) is 2. The second kappa shape index (κ2) is 11.0. The summed E-state index contributed by atoms with van der Waals surface area (Å²) >= 11 is 1.60. The molecule has 8 heteroatoms. The van der Waals surface area contributed by atoms with Gasteiger partial charge in [-0.3, -0.25) is 14.6 Å². The summed E-state index contributed by atoms with van der Waals surface area (Å²) in [6.07, 6.45) is 3.45. The predicted octanol–water partition coefficient (Wildman–Crippen LogP) is 4.47. The fourth-order valence-electron chi connectivity index (χ4n) is 2.72. The molecule has 0 aliphatic carbocycles. The van der Waals surface area contributed by atoms with Crippen LogP contribution in [-0.4, -0.2) is 36.8 Å². The fraction of sp³-hybridized carbons (Fsp3) is 0.174. The number of nitrogens with one attached hydrogen (secondary N) is 2. The smallest absolute Gasteiger partial charge is 0.257 e. The SMILES string of the molecule is COc1ccc(SCCC(=O)Nc2ccc(NC(=O)c3cccnc3)c(OC)c2)cc1. The molecule has 0 atom stereocenters. The van der Waals surface area contributed by atoms with Crippen LogP contribution in [0, 0.1) is 0 Å². The second-order valence-corrected chi connectivity index (χ2v) is 7.60. The molecule has 31 heavy (non-hydrogen) atoms. The van der Waals surface area contributed by atoms with Crippen molar-refractivity contribution in [2.24, 2.45) is 0 Å². The molecule has 0 bridgehead atoms. The number of pyridine rings is 1. The zero-order valence-corrected chi connectivity index (χ0v) is 18.1. The van der Waals surface area contributed by atoms with Gasteiger partial charge in [-0.2, -0.15) is 0 Å². The third-order valence-electron chi connectivity index (χ3n) is 4.31. The van der Waals surface area contributed by atoms with Crippen LogP contribution in [0.15, 0.2) is 71.9 Å². The van der Waals surface area contributed by atoms with Crippen molar-refractivity contribution in [3.05, 3.63) is 72.6 Å². The molecule has 2 aromatic carbocycles. The number of methoxy groups -OCH3 is 2. The largest absolute Gasteiger partial charge is 0.497 e. The van der Waals surface area contributed by atoms with Gasteiger partial charge in [0.1, 0.15) is 11.5 Å². The Hall–Kier alpha value is -3.52. The van der Waals surface area contributed by atoms with E-state index in [4.69, 9.17) is 9.47 Å². The van der Waals surface area contributed by atoms with Crippen molar-refractivity contribution in [3.8, 4) is 11.5 Å². The van der Waals surface area contributed by atoms with Gasteiger partial charge in [0.25, 0.3) is 5.91 Å². The number of amides is 2. The van der Waals surface area contributed by atoms with Crippen molar-refractivity contribution in [3.63, 3.8) is 0 Å². The second-order valence-electron chi connectivity index (χ2n) is 6.43. The molecule has 0 saturated heterocycles. The Morgan fingerprint density at radius 2 is 1.81 bits per heavy atom. The van der Waals surface area contributed by atoms with Crippen LogP contribution in [0.4, 0.5) is 11.4 Å². The van der Waals surface area contributed by atoms with E-state index in [0.717, 1.165) is 10.6 Å². The van der Waals surface area contributed by atoms with E-state index in [1.165, 1.54) is 13.3 Å². The van der Waals surface area contributed by atoms with E-state index in [-0.39, 0.29) is 11.8 Å². The zero-order valence-electron chi connectivity index (χ0n) is 17.3. The van der Waals surface area contributed by atoms with Crippen LogP contribution in [0.2, 0.25) is 0 Å². The van der Waals surface area contributed by atoms with Gasteiger partial charge in [0.2, 0.25) is 5.91 Å². The summed E-state index contributed by atoms with van der Waals surface area (Å²) in [5.41, 5.74) is 1.54. The molecule has 3 rings (SSSR count). The zero-order chi connectivity index (χ0) is 22.1. The summed E-state index contributed by atoms with van der Waals surface area (Å²) in [7, 11) is 3.13. The molecule has 0 saturated carbocycles. The molecule has 0 radical (unpaired) electrons. The molecule has 2 N–H and O–H groups in total. The van der Waals surface area contributed by atoms with Crippen LogP contribution in [0.3, 0.4) is 0 Å². The van der Waals surface area contributed by atoms with Crippen molar-refractivity contribution in [1.82, 2.24) is 4.98 Å². The Bertz CT molecular complexity index is 1030. The van der Waals surface area contributed by atoms with E-state index in [0.29, 0.717) is 34.9 Å². The lowest BCUT2D eigenvalue weighted by Crippen LogP contribution is -2.14. The van der Waals surface area contributed by atoms with Crippen molar-refractivity contribution in [2.75, 3.05) is 30.6 Å². The van der Waals surface area contributed by atoms with Gasteiger partial charge in [-0.25, -0.2) is 0 Å². The number of nitrogens with zero attached hydrogens (tertiary/aromatic N) is 1. The minimum absolute atomic E-state index is 0.102. The van der Waals surface area contributed by atoms with Crippen molar-refractivity contribution in [2.45, 2.75) is 11.3 Å². The molecule has 2 amide bonds. The Morgan fingerprint density at radius 3 is 2.48 bits per heavy atom. The average molecular weight is 438 g/mol. The van der Waals surface area contributed by atoms with Crippen LogP contribution >= 0.6 is 11.8 Å². The number of thioether (sulfide) groups is 1. The number of aromatic nitrogens is 1. The van der Waals surface area contributed by atoms with E-state index < -0.39 is 0 Å². The fourth-order valence-corrected chi connectivity index (χ4v) is 3.57. The van der Waals surface area contributed by atoms with Crippen molar-refractivity contribution in [1.29, 1.82) is 0 Å². The molecule has 0 spiro atoms. The monoisotopic (exact) mass is 437 g/mol. The third-order valence-corrected chi connectivity index (χ3v) is 5.33. The summed E-state index contributed by atoms with van der Waals surface area (Å²) in [6, 6.07) is 16.2. The normalized spacial score (nSPS) is 10.3. The van der Waals surface area contributed by atoms with Gasteiger partial charge in [-0.15, -0.1) is 11.8 Å². The minimum Gasteiger partial charge on any atom is -0.497 e. The van der Waals surface area contributed by atoms with Gasteiger partial charge < -0.3 is 20.1 Å². The summed E-state index contributed by atoms with van der Waals surface area (Å²) < 4.78 is 10.5. The van der Waals surface area contributed by atoms with Gasteiger partial charge >= 0.3 is 0 Å². The molecule has 7 nitrogen and oxygen atoms in total. The topological polar surface area (TPSA) is 89.6 Å². The number of anilines is 2. The highest BCUT2D eigenvalue weighted by Gasteiger charge is 2.12. The molecule has 0 unspecified atom stereocenters. The van der Waals surface area contributed by atoms with E-state index in [1.807, 2.05) is 24.3 Å². The maximum atomic E-state index is 12.3. The van der Waals surface area contributed by atoms with Crippen molar-refractivity contribution < 1.29 is 19.1 Å². The first-order valence-electron chi connectivity index (χ1n) is 9.55. The van der Waals surface area contributed by atoms with Gasteiger partial charge in [0, 0.05) is 41.2 Å². The molecular formula is C23H23N3O4S. The summed E-state index contributed by atoms with van der Waals surface area (Å²) in [4.78, 5) is 29.6. The molecule has 1 heterocycles. The number of rotatable bonds is 9. The van der Waals surface area contributed by atoms with Crippen LogP contribution in [0.25, 0.3) is 0 Å². The summed E-state index contributed by atoms with van der Waals surface area (Å²) in [5.74, 6) is 1.50. The Balaban J connectivity index is 1.53. The van der Waals surface area contributed by atoms with Gasteiger partial charge in [-0.1, -0.05) is 0 Å². The molecule has 0 aliphatic rings.